The molecule has 0 amide bonds. The van der Waals surface area contributed by atoms with Crippen LogP contribution in [0.5, 0.6) is 0 Å². The topological polar surface area (TPSA) is 34.1 Å². The molecular weight excluding hydrogens is 268 g/mol. The number of methoxy groups -OCH3 is 1. The zero-order valence-corrected chi connectivity index (χ0v) is 13.5. The molecule has 0 radical (unpaired) electrons. The molecule has 2 aliphatic carbocycles. The minimum Gasteiger partial charge on any atom is -0.371 e. The Morgan fingerprint density at radius 2 is 2.15 bits per heavy atom. The van der Waals surface area contributed by atoms with Gasteiger partial charge in [0, 0.05) is 12.0 Å². The number of nitrogens with zero attached hydrogens (tertiary/aromatic N) is 1. The third kappa shape index (κ3) is 2.53. The smallest absolute Gasteiger partial charge is 0.125 e. The van der Waals surface area contributed by atoms with Crippen molar-refractivity contribution in [1.82, 2.24) is 10.3 Å². The van der Waals surface area contributed by atoms with Gasteiger partial charge < -0.3 is 10.1 Å². The van der Waals surface area contributed by atoms with Gasteiger partial charge in [-0.25, -0.2) is 4.98 Å². The monoisotopic (exact) mass is 294 g/mol. The average molecular weight is 294 g/mol. The van der Waals surface area contributed by atoms with Crippen molar-refractivity contribution in [2.24, 2.45) is 0 Å². The summed E-state index contributed by atoms with van der Waals surface area (Å²) in [5.41, 5.74) is 1.25. The molecule has 1 N–H and O–H groups in total. The highest BCUT2D eigenvalue weighted by Crippen LogP contribution is 2.45. The van der Waals surface area contributed by atoms with Gasteiger partial charge in [-0.3, -0.25) is 0 Å². The second-order valence-electron chi connectivity index (χ2n) is 6.13. The fourth-order valence-electron chi connectivity index (χ4n) is 3.58. The number of aromatic nitrogens is 1. The van der Waals surface area contributed by atoms with E-state index in [9.17, 15) is 0 Å². The molecule has 1 fully saturated rings. The second kappa shape index (κ2) is 6.12. The van der Waals surface area contributed by atoms with E-state index in [0.29, 0.717) is 6.04 Å². The Balaban J connectivity index is 1.87. The van der Waals surface area contributed by atoms with Crippen molar-refractivity contribution < 1.29 is 4.74 Å². The van der Waals surface area contributed by atoms with Crippen molar-refractivity contribution in [3.05, 3.63) is 15.6 Å². The first-order valence-corrected chi connectivity index (χ1v) is 8.89. The van der Waals surface area contributed by atoms with Crippen LogP contribution in [0.25, 0.3) is 0 Å². The lowest BCUT2D eigenvalue weighted by Gasteiger charge is -2.24. The molecule has 1 saturated carbocycles. The van der Waals surface area contributed by atoms with Crippen molar-refractivity contribution in [1.29, 1.82) is 0 Å². The minimum atomic E-state index is -0.0721. The van der Waals surface area contributed by atoms with E-state index in [0.717, 1.165) is 19.4 Å². The van der Waals surface area contributed by atoms with Gasteiger partial charge in [0.05, 0.1) is 11.7 Å². The van der Waals surface area contributed by atoms with Gasteiger partial charge in [-0.1, -0.05) is 19.8 Å². The predicted octanol–water partition coefficient (Wildman–Crippen LogP) is 3.94. The Morgan fingerprint density at radius 1 is 1.35 bits per heavy atom. The van der Waals surface area contributed by atoms with Crippen LogP contribution in [0.1, 0.15) is 73.5 Å². The number of ether oxygens (including phenoxy) is 1. The number of fused-ring (bicyclic) bond motifs is 1. The van der Waals surface area contributed by atoms with Crippen LogP contribution in [0, 0.1) is 0 Å². The summed E-state index contributed by atoms with van der Waals surface area (Å²) in [5.74, 6) is 0. The van der Waals surface area contributed by atoms with E-state index in [1.165, 1.54) is 54.1 Å². The van der Waals surface area contributed by atoms with E-state index >= 15 is 0 Å². The number of hydrogen-bond donors (Lipinski definition) is 1. The number of nitrogens with one attached hydrogen (secondary N) is 1. The highest BCUT2D eigenvalue weighted by molar-refractivity contribution is 7.11. The fraction of sp³-hybridized carbons (Fsp3) is 0.812. The Kier molecular flexibility index (Phi) is 4.43. The summed E-state index contributed by atoms with van der Waals surface area (Å²) in [4.78, 5) is 6.54. The van der Waals surface area contributed by atoms with Crippen LogP contribution in [0.3, 0.4) is 0 Å². The maximum atomic E-state index is 5.91. The van der Waals surface area contributed by atoms with Crippen LogP contribution in [0.15, 0.2) is 0 Å². The maximum absolute atomic E-state index is 5.91. The summed E-state index contributed by atoms with van der Waals surface area (Å²) in [6.45, 7) is 3.31. The quantitative estimate of drug-likeness (QED) is 0.893. The summed E-state index contributed by atoms with van der Waals surface area (Å²) in [6.07, 6.45) is 9.74. The van der Waals surface area contributed by atoms with E-state index in [1.807, 2.05) is 18.4 Å². The largest absolute Gasteiger partial charge is 0.371 e. The maximum Gasteiger partial charge on any atom is 0.125 e. The van der Waals surface area contributed by atoms with Crippen molar-refractivity contribution in [3.8, 4) is 0 Å². The third-order valence-corrected chi connectivity index (χ3v) is 6.10. The standard InChI is InChI=1S/C16H26N2OS/c1-3-11-17-12-7-6-8-13-14(12)18-15(20-13)16(19-2)9-4-5-10-16/h12,17H,3-11H2,1-2H3. The van der Waals surface area contributed by atoms with Crippen molar-refractivity contribution in [2.75, 3.05) is 13.7 Å². The molecule has 1 aromatic rings. The number of thiazole rings is 1. The zero-order chi connectivity index (χ0) is 14.0. The number of rotatable bonds is 5. The third-order valence-electron chi connectivity index (χ3n) is 4.79. The molecule has 20 heavy (non-hydrogen) atoms. The number of aryl methyl sites for hydroxylation is 1. The van der Waals surface area contributed by atoms with Crippen molar-refractivity contribution >= 4 is 11.3 Å². The first kappa shape index (κ1) is 14.5. The summed E-state index contributed by atoms with van der Waals surface area (Å²) in [6, 6.07) is 0.471. The summed E-state index contributed by atoms with van der Waals surface area (Å²) >= 11 is 1.92. The Labute approximate surface area is 126 Å². The molecule has 0 spiro atoms. The average Bonchev–Trinajstić information content (AvgIpc) is 3.11. The van der Waals surface area contributed by atoms with Crippen LogP contribution in [-0.4, -0.2) is 18.6 Å². The molecule has 0 aliphatic heterocycles. The molecule has 0 bridgehead atoms. The van der Waals surface area contributed by atoms with Gasteiger partial charge in [0.25, 0.3) is 0 Å². The van der Waals surface area contributed by atoms with E-state index in [4.69, 9.17) is 9.72 Å². The minimum absolute atomic E-state index is 0.0721. The van der Waals surface area contributed by atoms with Gasteiger partial charge in [0.15, 0.2) is 0 Å². The van der Waals surface area contributed by atoms with Crippen molar-refractivity contribution in [2.45, 2.75) is 69.9 Å². The van der Waals surface area contributed by atoms with Gasteiger partial charge in [0.2, 0.25) is 0 Å². The second-order valence-corrected chi connectivity index (χ2v) is 7.22. The number of hydrogen-bond acceptors (Lipinski definition) is 4. The van der Waals surface area contributed by atoms with Gasteiger partial charge in [-0.15, -0.1) is 11.3 Å². The fourth-order valence-corrected chi connectivity index (χ4v) is 4.97. The molecule has 1 atom stereocenters. The van der Waals surface area contributed by atoms with E-state index in [2.05, 4.69) is 12.2 Å². The molecule has 0 saturated heterocycles. The molecule has 2 aliphatic rings. The van der Waals surface area contributed by atoms with Crippen molar-refractivity contribution in [3.63, 3.8) is 0 Å². The highest BCUT2D eigenvalue weighted by Gasteiger charge is 2.40. The van der Waals surface area contributed by atoms with E-state index in [1.54, 1.807) is 0 Å². The molecule has 4 heteroatoms. The van der Waals surface area contributed by atoms with Gasteiger partial charge in [-0.2, -0.15) is 0 Å². The molecule has 1 heterocycles. The first-order valence-electron chi connectivity index (χ1n) is 8.07. The Morgan fingerprint density at radius 3 is 2.85 bits per heavy atom. The summed E-state index contributed by atoms with van der Waals surface area (Å²) < 4.78 is 5.91. The van der Waals surface area contributed by atoms with Crippen LogP contribution in [0.2, 0.25) is 0 Å². The lowest BCUT2D eigenvalue weighted by molar-refractivity contribution is -0.00901. The lowest BCUT2D eigenvalue weighted by Crippen LogP contribution is -2.27. The van der Waals surface area contributed by atoms with Gasteiger partial charge in [0.1, 0.15) is 10.6 Å². The molecule has 1 aromatic heterocycles. The predicted molar refractivity (Wildman–Crippen MR) is 83.2 cm³/mol. The van der Waals surface area contributed by atoms with Crippen LogP contribution < -0.4 is 5.32 Å². The Bertz CT molecular complexity index is 451. The normalized spacial score (nSPS) is 24.8. The Hall–Kier alpha value is -0.450. The molecule has 0 aromatic carbocycles. The molecular formula is C16H26N2OS. The molecule has 3 rings (SSSR count). The van der Waals surface area contributed by atoms with Gasteiger partial charge in [-0.05, 0) is 45.1 Å². The molecule has 112 valence electrons. The lowest BCUT2D eigenvalue weighted by atomic mass is 9.97. The van der Waals surface area contributed by atoms with Crippen LogP contribution in [-0.2, 0) is 16.8 Å². The van der Waals surface area contributed by atoms with Crippen LogP contribution >= 0.6 is 11.3 Å². The van der Waals surface area contributed by atoms with E-state index < -0.39 is 0 Å². The molecule has 1 unspecified atom stereocenters. The highest BCUT2D eigenvalue weighted by atomic mass is 32.1. The SMILES string of the molecule is CCCNC1CCCc2sc(C3(OC)CCCC3)nc21. The van der Waals surface area contributed by atoms with Gasteiger partial charge >= 0.3 is 0 Å². The first-order chi connectivity index (χ1) is 9.79. The van der Waals surface area contributed by atoms with Crippen LogP contribution in [0.4, 0.5) is 0 Å². The summed E-state index contributed by atoms with van der Waals surface area (Å²) in [7, 11) is 1.86. The van der Waals surface area contributed by atoms with E-state index in [-0.39, 0.29) is 5.60 Å². The zero-order valence-electron chi connectivity index (χ0n) is 12.7. The molecule has 3 nitrogen and oxygen atoms in total. The summed E-state index contributed by atoms with van der Waals surface area (Å²) in [5, 5.41) is 4.91.